The summed E-state index contributed by atoms with van der Waals surface area (Å²) in [6.45, 7) is 0. The van der Waals surface area contributed by atoms with E-state index in [9.17, 15) is 120 Å². The van der Waals surface area contributed by atoms with Gasteiger partial charge in [-0.05, 0) is 54.5 Å². The monoisotopic (exact) mass is 1160 g/mol. The quantitative estimate of drug-likeness (QED) is 0.0400. The Morgan fingerprint density at radius 2 is 0.654 bits per heavy atom. The third kappa shape index (κ3) is 14.9. The maximum Gasteiger partial charge on any atom is 0.416 e. The lowest BCUT2D eigenvalue weighted by molar-refractivity contribution is -0.384. The lowest BCUT2D eigenvalue weighted by Crippen LogP contribution is -2.75. The van der Waals surface area contributed by atoms with Gasteiger partial charge in [0.15, 0.2) is 15.2 Å². The van der Waals surface area contributed by atoms with E-state index in [4.69, 9.17) is 0 Å². The molecule has 0 aliphatic heterocycles. The SMILES string of the molecule is C[S+](=O)(C#Cc1ccccc1)Cc1ccc([N+](=O)[O-])cc1.FC(F)(F)c1cc([B-](c2cc(C(F)(F)F)cc(C(F)(F)F)c2)(c2cc(C(F)(F)F)cc(C(F)(F)F)c2)c2cc(C(F)(F)F)cc(C(F)(F)F)c2)cc(C(F)(F)F)c1. The van der Waals surface area contributed by atoms with Crippen molar-refractivity contribution in [3.63, 3.8) is 0 Å². The van der Waals surface area contributed by atoms with Gasteiger partial charge in [0.2, 0.25) is 0 Å². The number of alkyl halides is 24. The van der Waals surface area contributed by atoms with Crippen molar-refractivity contribution in [1.29, 1.82) is 0 Å². The van der Waals surface area contributed by atoms with E-state index in [0.29, 0.717) is 0 Å². The molecule has 0 aliphatic rings. The lowest BCUT2D eigenvalue weighted by Gasteiger charge is -2.46. The van der Waals surface area contributed by atoms with Gasteiger partial charge in [-0.15, -0.1) is 0 Å². The van der Waals surface area contributed by atoms with E-state index in [1.807, 2.05) is 30.3 Å². The number of nitro benzene ring substituents is 1. The van der Waals surface area contributed by atoms with Crippen molar-refractivity contribution in [3.05, 3.63) is 193 Å². The molecule has 6 rings (SSSR count). The molecular formula is C48H26BF24NO3S. The number of hydrogen-bond donors (Lipinski definition) is 0. The van der Waals surface area contributed by atoms with Crippen LogP contribution in [0, 0.1) is 21.3 Å². The van der Waals surface area contributed by atoms with Crippen LogP contribution in [0.1, 0.15) is 55.6 Å². The van der Waals surface area contributed by atoms with Crippen LogP contribution in [0.4, 0.5) is 111 Å². The van der Waals surface area contributed by atoms with Crippen molar-refractivity contribution in [2.75, 3.05) is 6.26 Å². The summed E-state index contributed by atoms with van der Waals surface area (Å²) in [6.07, 6.45) is -53.2. The largest absolute Gasteiger partial charge is 0.416 e. The molecule has 1 unspecified atom stereocenters. The van der Waals surface area contributed by atoms with Crippen molar-refractivity contribution in [3.8, 4) is 11.2 Å². The van der Waals surface area contributed by atoms with Crippen LogP contribution in [-0.2, 0) is 69.3 Å². The Hall–Kier alpha value is -7.19. The van der Waals surface area contributed by atoms with Gasteiger partial charge in [0, 0.05) is 23.3 Å². The van der Waals surface area contributed by atoms with E-state index in [1.165, 1.54) is 12.1 Å². The molecule has 6 aromatic carbocycles. The molecule has 6 aromatic rings. The first-order chi connectivity index (χ1) is 35.2. The molecule has 1 atom stereocenters. The third-order valence-corrected chi connectivity index (χ3v) is 12.6. The van der Waals surface area contributed by atoms with Gasteiger partial charge < -0.3 is 0 Å². The Bertz CT molecular complexity index is 2850. The van der Waals surface area contributed by atoms with E-state index < -0.39 is 210 Å². The first kappa shape index (κ1) is 61.7. The molecule has 4 nitrogen and oxygen atoms in total. The predicted octanol–water partition coefficient (Wildman–Crippen LogP) is 14.4. The number of benzene rings is 6. The van der Waals surface area contributed by atoms with Crippen molar-refractivity contribution < 1.29 is 115 Å². The Morgan fingerprint density at radius 3 is 0.872 bits per heavy atom. The molecule has 30 heteroatoms. The van der Waals surface area contributed by atoms with Crippen LogP contribution in [0.15, 0.2) is 127 Å². The maximum atomic E-state index is 14.2. The molecule has 0 saturated heterocycles. The molecule has 0 heterocycles. The second kappa shape index (κ2) is 21.2. The van der Waals surface area contributed by atoms with Crippen LogP contribution < -0.4 is 21.9 Å². The number of nitrogens with zero attached hydrogens (tertiary/aromatic N) is 1. The fourth-order valence-corrected chi connectivity index (χ4v) is 9.06. The van der Waals surface area contributed by atoms with Crippen LogP contribution in [0.25, 0.3) is 0 Å². The van der Waals surface area contributed by atoms with Crippen molar-refractivity contribution in [2.45, 2.75) is 55.2 Å². The number of halogens is 24. The minimum Gasteiger partial charge on any atom is -0.258 e. The van der Waals surface area contributed by atoms with Crippen molar-refractivity contribution in [2.24, 2.45) is 0 Å². The summed E-state index contributed by atoms with van der Waals surface area (Å²) in [5.41, 5.74) is -28.6. The fourth-order valence-electron chi connectivity index (χ4n) is 7.83. The van der Waals surface area contributed by atoms with Gasteiger partial charge >= 0.3 is 49.4 Å². The minimum absolute atomic E-state index is 0.0247. The standard InChI is InChI=1S/C32H12BF24.C16H14NO3S/c34-25(35,36)13-1-14(26(37,38)39)6-21(5-13)33(22-7-15(27(40,41)42)2-16(8-22)28(43,44)45,23-9-17(29(46,47)48)3-18(10-23)30(49,50)51)24-11-19(31(52,53)54)4-20(12-24)32(55,56)57;1-21(20,12-11-14-5-3-2-4-6-14)13-15-7-9-16(10-8-15)17(18)19/h1-12H;2-10H,13H2,1H3/q-1;+1. The highest BCUT2D eigenvalue weighted by Gasteiger charge is 2.47. The molecule has 0 spiro atoms. The molecule has 0 saturated carbocycles. The van der Waals surface area contributed by atoms with Gasteiger partial charge in [-0.1, -0.05) is 70.9 Å². The Morgan fingerprint density at radius 1 is 0.410 bits per heavy atom. The molecule has 0 N–H and O–H groups in total. The van der Waals surface area contributed by atoms with Gasteiger partial charge in [-0.25, -0.2) is 0 Å². The smallest absolute Gasteiger partial charge is 0.258 e. The first-order valence-corrected chi connectivity index (χ1v) is 23.0. The van der Waals surface area contributed by atoms with Gasteiger partial charge in [0.1, 0.15) is 18.2 Å². The summed E-state index contributed by atoms with van der Waals surface area (Å²) in [6, 6.07) is 6.60. The topological polar surface area (TPSA) is 60.2 Å². The molecule has 0 amide bonds. The normalized spacial score (nSPS) is 13.9. The predicted molar refractivity (Wildman–Crippen MR) is 234 cm³/mol. The van der Waals surface area contributed by atoms with E-state index in [2.05, 4.69) is 11.2 Å². The fraction of sp³-hybridized carbons (Fsp3) is 0.208. The summed E-state index contributed by atoms with van der Waals surface area (Å²) in [4.78, 5) is 10.1. The summed E-state index contributed by atoms with van der Waals surface area (Å²) in [5.74, 6) is 3.18. The highest BCUT2D eigenvalue weighted by Crippen LogP contribution is 2.41. The molecule has 418 valence electrons. The van der Waals surface area contributed by atoms with Crippen LogP contribution in [0.2, 0.25) is 0 Å². The molecule has 0 radical (unpaired) electrons. The van der Waals surface area contributed by atoms with E-state index in [-0.39, 0.29) is 11.4 Å². The molecule has 0 aromatic heterocycles. The van der Waals surface area contributed by atoms with Crippen LogP contribution >= 0.6 is 0 Å². The summed E-state index contributed by atoms with van der Waals surface area (Å²) in [7, 11) is -2.35. The van der Waals surface area contributed by atoms with Gasteiger partial charge in [-0.2, -0.15) is 127 Å². The van der Waals surface area contributed by atoms with Crippen molar-refractivity contribution >= 4 is 43.6 Å². The second-order valence-electron chi connectivity index (χ2n) is 16.9. The maximum absolute atomic E-state index is 14.2. The number of non-ortho nitro benzene ring substituents is 1. The molecule has 0 fully saturated rings. The molecule has 0 aliphatic carbocycles. The second-order valence-corrected chi connectivity index (χ2v) is 19.4. The molecule has 78 heavy (non-hydrogen) atoms. The molecule has 0 bridgehead atoms. The molecular weight excluding hydrogens is 1140 g/mol. The Kier molecular flexibility index (Phi) is 16.8. The Balaban J connectivity index is 0.000000443. The van der Waals surface area contributed by atoms with Gasteiger partial charge in [0.25, 0.3) is 5.69 Å². The van der Waals surface area contributed by atoms with Crippen LogP contribution in [0.5, 0.6) is 0 Å². The highest BCUT2D eigenvalue weighted by atomic mass is 32.2. The van der Waals surface area contributed by atoms with Gasteiger partial charge in [0.05, 0.1) is 49.4 Å². The Labute approximate surface area is 423 Å². The average Bonchev–Trinajstić information content (AvgIpc) is 3.29. The summed E-state index contributed by atoms with van der Waals surface area (Å²) >= 11 is 0. The zero-order valence-corrected chi connectivity index (χ0v) is 38.9. The number of nitro groups is 1. The van der Waals surface area contributed by atoms with Crippen molar-refractivity contribution in [1.82, 2.24) is 0 Å². The summed E-state index contributed by atoms with van der Waals surface area (Å²) < 4.78 is 353. The summed E-state index contributed by atoms with van der Waals surface area (Å²) in [5, 5.41) is 13.4. The van der Waals surface area contributed by atoms with Gasteiger partial charge in [-0.3, -0.25) is 10.1 Å². The zero-order valence-electron chi connectivity index (χ0n) is 38.1. The van der Waals surface area contributed by atoms with E-state index in [0.717, 1.165) is 11.1 Å². The van der Waals surface area contributed by atoms with Crippen LogP contribution in [0.3, 0.4) is 0 Å². The van der Waals surface area contributed by atoms with E-state index in [1.54, 1.807) is 18.4 Å². The lowest BCUT2D eigenvalue weighted by atomic mass is 9.12. The average molecular weight is 1160 g/mol. The first-order valence-electron chi connectivity index (χ1n) is 20.9. The third-order valence-electron chi connectivity index (χ3n) is 11.2. The number of rotatable bonds is 7. The minimum atomic E-state index is -6.13. The number of hydrogen-bond acceptors (Lipinski definition) is 3. The van der Waals surface area contributed by atoms with E-state index >= 15 is 0 Å². The highest BCUT2D eigenvalue weighted by molar-refractivity contribution is 8.05. The van der Waals surface area contributed by atoms with Crippen LogP contribution in [-0.4, -0.2) is 17.3 Å². The zero-order chi connectivity index (χ0) is 59.2.